The highest BCUT2D eigenvalue weighted by atomic mass is 16.3. The van der Waals surface area contributed by atoms with Crippen LogP contribution in [-0.2, 0) is 13.8 Å². The van der Waals surface area contributed by atoms with E-state index in [1.54, 1.807) is 0 Å². The fourth-order valence-electron chi connectivity index (χ4n) is 0.744. The zero-order valence-electron chi connectivity index (χ0n) is 6.02. The van der Waals surface area contributed by atoms with Gasteiger partial charge in [-0.15, -0.1) is 0 Å². The van der Waals surface area contributed by atoms with E-state index in [-0.39, 0.29) is 0 Å². The summed E-state index contributed by atoms with van der Waals surface area (Å²) in [5, 5.41) is 8.57. The summed E-state index contributed by atoms with van der Waals surface area (Å²) in [6.07, 6.45) is 1.36. The lowest BCUT2D eigenvalue weighted by atomic mass is 10.6. The van der Waals surface area contributed by atoms with Crippen LogP contribution in [0.5, 0.6) is 0 Å². The SMILES string of the molecule is Cn1ccc(=O)n(CO)c1=O. The van der Waals surface area contributed by atoms with Gasteiger partial charge in [0.2, 0.25) is 0 Å². The van der Waals surface area contributed by atoms with E-state index >= 15 is 0 Å². The average molecular weight is 156 g/mol. The van der Waals surface area contributed by atoms with Crippen LogP contribution in [0, 0.1) is 0 Å². The highest BCUT2D eigenvalue weighted by Crippen LogP contribution is 1.69. The van der Waals surface area contributed by atoms with Gasteiger partial charge in [-0.2, -0.15) is 0 Å². The van der Waals surface area contributed by atoms with Crippen molar-refractivity contribution >= 4 is 0 Å². The maximum absolute atomic E-state index is 11.0. The summed E-state index contributed by atoms with van der Waals surface area (Å²) >= 11 is 0. The van der Waals surface area contributed by atoms with Crippen LogP contribution in [0.4, 0.5) is 0 Å². The van der Waals surface area contributed by atoms with Crippen molar-refractivity contribution in [1.29, 1.82) is 0 Å². The second kappa shape index (κ2) is 2.71. The van der Waals surface area contributed by atoms with Gasteiger partial charge in [-0.25, -0.2) is 9.36 Å². The molecule has 0 aliphatic rings. The number of aliphatic hydroxyl groups excluding tert-OH is 1. The van der Waals surface area contributed by atoms with E-state index in [2.05, 4.69) is 0 Å². The minimum atomic E-state index is -0.577. The van der Waals surface area contributed by atoms with Crippen molar-refractivity contribution in [2.24, 2.45) is 7.05 Å². The number of rotatable bonds is 1. The third kappa shape index (κ3) is 1.22. The fourth-order valence-corrected chi connectivity index (χ4v) is 0.744. The van der Waals surface area contributed by atoms with Gasteiger partial charge in [0, 0.05) is 19.3 Å². The minimum absolute atomic E-state index is 0.490. The molecule has 1 heterocycles. The lowest BCUT2D eigenvalue weighted by Gasteiger charge is -2.00. The van der Waals surface area contributed by atoms with E-state index in [9.17, 15) is 9.59 Å². The lowest BCUT2D eigenvalue weighted by molar-refractivity contribution is 0.198. The Bertz CT molecular complexity index is 363. The molecule has 0 atom stereocenters. The summed E-state index contributed by atoms with van der Waals surface area (Å²) in [6.45, 7) is -0.577. The predicted octanol–water partition coefficient (Wildman–Crippen LogP) is -1.50. The summed E-state index contributed by atoms with van der Waals surface area (Å²) in [7, 11) is 1.51. The molecule has 0 aliphatic carbocycles. The second-order valence-electron chi connectivity index (χ2n) is 2.12. The van der Waals surface area contributed by atoms with Gasteiger partial charge >= 0.3 is 5.69 Å². The van der Waals surface area contributed by atoms with Gasteiger partial charge in [-0.1, -0.05) is 0 Å². The topological polar surface area (TPSA) is 64.2 Å². The molecule has 1 N–H and O–H groups in total. The van der Waals surface area contributed by atoms with Crippen LogP contribution in [0.1, 0.15) is 0 Å². The van der Waals surface area contributed by atoms with Crippen molar-refractivity contribution in [3.63, 3.8) is 0 Å². The molecule has 0 saturated carbocycles. The molecule has 5 heteroatoms. The smallest absolute Gasteiger partial charge is 0.332 e. The van der Waals surface area contributed by atoms with Crippen molar-refractivity contribution in [3.05, 3.63) is 33.1 Å². The van der Waals surface area contributed by atoms with Crippen molar-refractivity contribution < 1.29 is 5.11 Å². The van der Waals surface area contributed by atoms with Crippen LogP contribution < -0.4 is 11.2 Å². The molecule has 5 nitrogen and oxygen atoms in total. The van der Waals surface area contributed by atoms with Crippen molar-refractivity contribution in [2.45, 2.75) is 6.73 Å². The molecule has 0 radical (unpaired) electrons. The molecule has 11 heavy (non-hydrogen) atoms. The van der Waals surface area contributed by atoms with Crippen molar-refractivity contribution in [3.8, 4) is 0 Å². The van der Waals surface area contributed by atoms with Gasteiger partial charge in [0.1, 0.15) is 6.73 Å². The summed E-state index contributed by atoms with van der Waals surface area (Å²) < 4.78 is 1.96. The Hall–Kier alpha value is -1.36. The molecule has 60 valence electrons. The second-order valence-corrected chi connectivity index (χ2v) is 2.12. The summed E-state index contributed by atoms with van der Waals surface area (Å²) in [5.74, 6) is 0. The Balaban J connectivity index is 3.55. The number of aromatic nitrogens is 2. The van der Waals surface area contributed by atoms with E-state index in [0.29, 0.717) is 0 Å². The van der Waals surface area contributed by atoms with E-state index in [1.807, 2.05) is 0 Å². The Morgan fingerprint density at radius 2 is 2.18 bits per heavy atom. The average Bonchev–Trinajstić information content (AvgIpc) is 1.99. The predicted molar refractivity (Wildman–Crippen MR) is 38.2 cm³/mol. The maximum atomic E-state index is 11.0. The summed E-state index contributed by atoms with van der Waals surface area (Å²) in [6, 6.07) is 1.22. The van der Waals surface area contributed by atoms with Crippen molar-refractivity contribution in [1.82, 2.24) is 9.13 Å². The zero-order valence-corrected chi connectivity index (χ0v) is 6.02. The van der Waals surface area contributed by atoms with E-state index in [1.165, 1.54) is 23.9 Å². The highest BCUT2D eigenvalue weighted by Gasteiger charge is 1.98. The van der Waals surface area contributed by atoms with Crippen LogP contribution in [0.2, 0.25) is 0 Å². The van der Waals surface area contributed by atoms with Crippen LogP contribution in [0.15, 0.2) is 21.9 Å². The molecule has 0 unspecified atom stereocenters. The maximum Gasteiger partial charge on any atom is 0.332 e. The molecule has 0 amide bonds. The number of hydrogen-bond acceptors (Lipinski definition) is 3. The van der Waals surface area contributed by atoms with Crippen LogP contribution >= 0.6 is 0 Å². The molecular weight excluding hydrogens is 148 g/mol. The van der Waals surface area contributed by atoms with Crippen LogP contribution in [0.3, 0.4) is 0 Å². The Kier molecular flexibility index (Phi) is 1.91. The molecule has 1 aromatic heterocycles. The third-order valence-corrected chi connectivity index (χ3v) is 1.38. The first-order chi connectivity index (χ1) is 5.16. The highest BCUT2D eigenvalue weighted by molar-refractivity contribution is 4.84. The molecule has 0 saturated heterocycles. The van der Waals surface area contributed by atoms with Gasteiger partial charge in [0.05, 0.1) is 0 Å². The van der Waals surface area contributed by atoms with Crippen molar-refractivity contribution in [2.75, 3.05) is 0 Å². The number of aliphatic hydroxyl groups is 1. The zero-order chi connectivity index (χ0) is 8.43. The lowest BCUT2D eigenvalue weighted by Crippen LogP contribution is -2.37. The molecule has 0 fully saturated rings. The summed E-state index contributed by atoms with van der Waals surface area (Å²) in [5.41, 5.74) is -1.00. The van der Waals surface area contributed by atoms with Gasteiger partial charge in [-0.05, 0) is 0 Å². The Labute approximate surface area is 62.1 Å². The first-order valence-corrected chi connectivity index (χ1v) is 3.04. The summed E-state index contributed by atoms with van der Waals surface area (Å²) in [4.78, 5) is 21.8. The van der Waals surface area contributed by atoms with E-state index < -0.39 is 18.0 Å². The monoisotopic (exact) mass is 156 g/mol. The first-order valence-electron chi connectivity index (χ1n) is 3.04. The fraction of sp³-hybridized carbons (Fsp3) is 0.333. The van der Waals surface area contributed by atoms with Gasteiger partial charge in [0.25, 0.3) is 5.56 Å². The molecule has 1 rings (SSSR count). The number of hydrogen-bond donors (Lipinski definition) is 1. The van der Waals surface area contributed by atoms with Crippen LogP contribution in [0.25, 0.3) is 0 Å². The standard InChI is InChI=1S/C6H8N2O3/c1-7-3-2-5(10)8(4-9)6(7)11/h2-3,9H,4H2,1H3. The van der Waals surface area contributed by atoms with Gasteiger partial charge < -0.3 is 9.67 Å². The quantitative estimate of drug-likeness (QED) is 0.538. The van der Waals surface area contributed by atoms with Gasteiger partial charge in [0.15, 0.2) is 0 Å². The Morgan fingerprint density at radius 1 is 1.55 bits per heavy atom. The third-order valence-electron chi connectivity index (χ3n) is 1.38. The number of aryl methyl sites for hydroxylation is 1. The molecule has 0 aliphatic heterocycles. The largest absolute Gasteiger partial charge is 0.376 e. The van der Waals surface area contributed by atoms with E-state index in [0.717, 1.165) is 4.57 Å². The minimum Gasteiger partial charge on any atom is -0.376 e. The first kappa shape index (κ1) is 7.74. The normalized spacial score (nSPS) is 10.0. The molecule has 0 bridgehead atoms. The molecule has 0 spiro atoms. The number of nitrogens with zero attached hydrogens (tertiary/aromatic N) is 2. The Morgan fingerprint density at radius 3 is 2.64 bits per heavy atom. The van der Waals surface area contributed by atoms with Crippen LogP contribution in [-0.4, -0.2) is 14.2 Å². The molecule has 1 aromatic rings. The molecule has 0 aromatic carbocycles. The van der Waals surface area contributed by atoms with E-state index in [4.69, 9.17) is 5.11 Å². The van der Waals surface area contributed by atoms with Gasteiger partial charge in [-0.3, -0.25) is 4.79 Å². The molecular formula is C6H8N2O3.